The molecule has 0 aliphatic rings. The molecule has 2 N–H and O–H groups in total. The third kappa shape index (κ3) is 5.08. The quantitative estimate of drug-likeness (QED) is 0.821. The molecule has 112 valence electrons. The Balaban J connectivity index is 1.76. The number of benzene rings is 1. The van der Waals surface area contributed by atoms with E-state index < -0.39 is 0 Å². The van der Waals surface area contributed by atoms with Gasteiger partial charge in [-0.15, -0.1) is 0 Å². The fourth-order valence-corrected chi connectivity index (χ4v) is 2.11. The lowest BCUT2D eigenvalue weighted by Gasteiger charge is -2.14. The smallest absolute Gasteiger partial charge is 0.213 e. The first kappa shape index (κ1) is 15.3. The molecule has 1 aromatic heterocycles. The van der Waals surface area contributed by atoms with E-state index in [0.29, 0.717) is 17.7 Å². The molecule has 1 unspecified atom stereocenters. The number of phenols is 1. The van der Waals surface area contributed by atoms with E-state index >= 15 is 0 Å². The predicted octanol–water partition coefficient (Wildman–Crippen LogP) is 2.91. The fourth-order valence-electron chi connectivity index (χ4n) is 2.11. The number of hydrogen-bond acceptors (Lipinski definition) is 4. The molecule has 0 amide bonds. The van der Waals surface area contributed by atoms with Gasteiger partial charge in [-0.2, -0.15) is 0 Å². The van der Waals surface area contributed by atoms with Crippen LogP contribution in [-0.4, -0.2) is 23.2 Å². The Labute approximate surface area is 125 Å². The third-order valence-corrected chi connectivity index (χ3v) is 3.47. The monoisotopic (exact) mass is 286 g/mol. The summed E-state index contributed by atoms with van der Waals surface area (Å²) in [4.78, 5) is 4.10. The Morgan fingerprint density at radius 3 is 2.67 bits per heavy atom. The number of aromatic nitrogens is 1. The SMILES string of the molecule is COc1cc(CNC(C)CCc2ccc(O)cc2)ccn1. The Kier molecular flexibility index (Phi) is 5.58. The van der Waals surface area contributed by atoms with Crippen molar-refractivity contribution in [3.63, 3.8) is 0 Å². The molecule has 0 bridgehead atoms. The highest BCUT2D eigenvalue weighted by molar-refractivity contribution is 5.26. The predicted molar refractivity (Wildman–Crippen MR) is 83.5 cm³/mol. The van der Waals surface area contributed by atoms with Crippen LogP contribution in [0, 0.1) is 0 Å². The zero-order valence-corrected chi connectivity index (χ0v) is 12.5. The van der Waals surface area contributed by atoms with Crippen molar-refractivity contribution in [2.75, 3.05) is 7.11 Å². The van der Waals surface area contributed by atoms with Crippen molar-refractivity contribution >= 4 is 0 Å². The highest BCUT2D eigenvalue weighted by Gasteiger charge is 2.04. The molecule has 1 atom stereocenters. The van der Waals surface area contributed by atoms with Crippen molar-refractivity contribution in [3.8, 4) is 11.6 Å². The Hall–Kier alpha value is -2.07. The van der Waals surface area contributed by atoms with E-state index in [2.05, 4.69) is 17.2 Å². The molecule has 1 aromatic carbocycles. The Bertz CT molecular complexity index is 555. The van der Waals surface area contributed by atoms with E-state index in [1.807, 2.05) is 24.3 Å². The number of methoxy groups -OCH3 is 1. The maximum Gasteiger partial charge on any atom is 0.213 e. The minimum Gasteiger partial charge on any atom is -0.508 e. The lowest BCUT2D eigenvalue weighted by molar-refractivity contribution is 0.396. The van der Waals surface area contributed by atoms with Gasteiger partial charge in [0.1, 0.15) is 5.75 Å². The molecule has 0 aliphatic carbocycles. The number of aryl methyl sites for hydroxylation is 1. The van der Waals surface area contributed by atoms with Gasteiger partial charge in [-0.25, -0.2) is 4.98 Å². The maximum atomic E-state index is 9.26. The van der Waals surface area contributed by atoms with E-state index in [0.717, 1.165) is 19.4 Å². The molecule has 0 spiro atoms. The van der Waals surface area contributed by atoms with Gasteiger partial charge in [-0.05, 0) is 49.1 Å². The summed E-state index contributed by atoms with van der Waals surface area (Å²) in [6.07, 6.45) is 3.80. The van der Waals surface area contributed by atoms with Gasteiger partial charge in [0.05, 0.1) is 7.11 Å². The van der Waals surface area contributed by atoms with Crippen LogP contribution in [0.1, 0.15) is 24.5 Å². The normalized spacial score (nSPS) is 12.1. The van der Waals surface area contributed by atoms with Crippen molar-refractivity contribution in [1.82, 2.24) is 10.3 Å². The van der Waals surface area contributed by atoms with Gasteiger partial charge in [0, 0.05) is 24.8 Å². The van der Waals surface area contributed by atoms with Crippen LogP contribution in [0.5, 0.6) is 11.6 Å². The Morgan fingerprint density at radius 2 is 1.95 bits per heavy atom. The first-order valence-electron chi connectivity index (χ1n) is 7.17. The molecule has 21 heavy (non-hydrogen) atoms. The van der Waals surface area contributed by atoms with Crippen LogP contribution in [0.2, 0.25) is 0 Å². The highest BCUT2D eigenvalue weighted by atomic mass is 16.5. The lowest BCUT2D eigenvalue weighted by Crippen LogP contribution is -2.26. The standard InChI is InChI=1S/C17H22N2O2/c1-13(3-4-14-5-7-16(20)8-6-14)19-12-15-9-10-18-17(11-15)21-2/h5-11,13,19-20H,3-4,12H2,1-2H3. The summed E-state index contributed by atoms with van der Waals surface area (Å²) >= 11 is 0. The van der Waals surface area contributed by atoms with E-state index in [4.69, 9.17) is 4.74 Å². The molecule has 2 aromatic rings. The van der Waals surface area contributed by atoms with E-state index in [1.54, 1.807) is 25.4 Å². The number of aromatic hydroxyl groups is 1. The molecule has 1 heterocycles. The zero-order valence-electron chi connectivity index (χ0n) is 12.5. The van der Waals surface area contributed by atoms with Gasteiger partial charge >= 0.3 is 0 Å². The van der Waals surface area contributed by atoms with E-state index in [9.17, 15) is 5.11 Å². The maximum absolute atomic E-state index is 9.26. The second-order valence-corrected chi connectivity index (χ2v) is 5.19. The van der Waals surface area contributed by atoms with Crippen molar-refractivity contribution in [2.45, 2.75) is 32.4 Å². The van der Waals surface area contributed by atoms with Crippen LogP contribution in [0.3, 0.4) is 0 Å². The summed E-state index contributed by atoms with van der Waals surface area (Å²) in [5.74, 6) is 0.961. The minimum atomic E-state index is 0.316. The van der Waals surface area contributed by atoms with Crippen LogP contribution < -0.4 is 10.1 Å². The average Bonchev–Trinajstić information content (AvgIpc) is 2.52. The number of rotatable bonds is 7. The van der Waals surface area contributed by atoms with Crippen molar-refractivity contribution in [2.24, 2.45) is 0 Å². The van der Waals surface area contributed by atoms with Crippen molar-refractivity contribution in [1.29, 1.82) is 0 Å². The topological polar surface area (TPSA) is 54.4 Å². The summed E-state index contributed by atoms with van der Waals surface area (Å²) < 4.78 is 5.12. The summed E-state index contributed by atoms with van der Waals surface area (Å²) in [5, 5.41) is 12.8. The Morgan fingerprint density at radius 1 is 1.19 bits per heavy atom. The molecule has 0 fully saturated rings. The number of hydrogen-bond donors (Lipinski definition) is 2. The minimum absolute atomic E-state index is 0.316. The highest BCUT2D eigenvalue weighted by Crippen LogP contribution is 2.12. The molecule has 2 rings (SSSR count). The zero-order chi connectivity index (χ0) is 15.1. The number of ether oxygens (including phenoxy) is 1. The summed E-state index contributed by atoms with van der Waals surface area (Å²) in [7, 11) is 1.62. The van der Waals surface area contributed by atoms with Crippen LogP contribution in [-0.2, 0) is 13.0 Å². The average molecular weight is 286 g/mol. The second kappa shape index (κ2) is 7.64. The van der Waals surface area contributed by atoms with Gasteiger partial charge in [0.15, 0.2) is 0 Å². The van der Waals surface area contributed by atoms with Gasteiger partial charge in [-0.1, -0.05) is 12.1 Å². The van der Waals surface area contributed by atoms with Crippen LogP contribution >= 0.6 is 0 Å². The third-order valence-electron chi connectivity index (χ3n) is 3.47. The second-order valence-electron chi connectivity index (χ2n) is 5.19. The summed E-state index contributed by atoms with van der Waals surface area (Å²) in [5.41, 5.74) is 2.41. The van der Waals surface area contributed by atoms with Gasteiger partial charge in [0.2, 0.25) is 5.88 Å². The van der Waals surface area contributed by atoms with Gasteiger partial charge in [-0.3, -0.25) is 0 Å². The molecular formula is C17H22N2O2. The number of nitrogens with one attached hydrogen (secondary N) is 1. The summed E-state index contributed by atoms with van der Waals surface area (Å²) in [6.45, 7) is 2.98. The molecule has 4 heteroatoms. The van der Waals surface area contributed by atoms with Crippen molar-refractivity contribution in [3.05, 3.63) is 53.7 Å². The summed E-state index contributed by atoms with van der Waals surface area (Å²) in [6, 6.07) is 11.7. The van der Waals surface area contributed by atoms with Crippen LogP contribution in [0.4, 0.5) is 0 Å². The fraction of sp³-hybridized carbons (Fsp3) is 0.353. The van der Waals surface area contributed by atoms with Gasteiger partial charge < -0.3 is 15.2 Å². The number of phenolic OH excluding ortho intramolecular Hbond substituents is 1. The van der Waals surface area contributed by atoms with E-state index in [-0.39, 0.29) is 0 Å². The molecule has 0 radical (unpaired) electrons. The molecular weight excluding hydrogens is 264 g/mol. The first-order valence-corrected chi connectivity index (χ1v) is 7.17. The molecule has 0 aliphatic heterocycles. The molecule has 0 saturated heterocycles. The van der Waals surface area contributed by atoms with Crippen LogP contribution in [0.25, 0.3) is 0 Å². The number of nitrogens with zero attached hydrogens (tertiary/aromatic N) is 1. The molecule has 0 saturated carbocycles. The lowest BCUT2D eigenvalue weighted by atomic mass is 10.1. The van der Waals surface area contributed by atoms with Crippen molar-refractivity contribution < 1.29 is 9.84 Å². The van der Waals surface area contributed by atoms with Gasteiger partial charge in [0.25, 0.3) is 0 Å². The number of pyridine rings is 1. The van der Waals surface area contributed by atoms with E-state index in [1.165, 1.54) is 11.1 Å². The first-order chi connectivity index (χ1) is 10.2. The van der Waals surface area contributed by atoms with Crippen LogP contribution in [0.15, 0.2) is 42.6 Å². The largest absolute Gasteiger partial charge is 0.508 e. The molecule has 4 nitrogen and oxygen atoms in total.